The van der Waals surface area contributed by atoms with E-state index in [-0.39, 0.29) is 11.7 Å². The number of imidazole rings is 1. The predicted octanol–water partition coefficient (Wildman–Crippen LogP) is 2.87. The van der Waals surface area contributed by atoms with Crippen molar-refractivity contribution in [1.29, 1.82) is 0 Å². The van der Waals surface area contributed by atoms with E-state index in [1.807, 2.05) is 12.1 Å². The second-order valence-corrected chi connectivity index (χ2v) is 5.28. The molecule has 1 atom stereocenters. The summed E-state index contributed by atoms with van der Waals surface area (Å²) in [5.41, 5.74) is 2.38. The van der Waals surface area contributed by atoms with Crippen LogP contribution < -0.4 is 10.6 Å². The number of para-hydroxylation sites is 1. The molecule has 6 heteroatoms. The maximum absolute atomic E-state index is 14.4. The summed E-state index contributed by atoms with van der Waals surface area (Å²) in [6.07, 6.45) is 4.33. The molecule has 2 heterocycles. The van der Waals surface area contributed by atoms with Gasteiger partial charge in [0.15, 0.2) is 0 Å². The largest absolute Gasteiger partial charge is 0.361 e. The molecule has 1 aromatic heterocycles. The fourth-order valence-corrected chi connectivity index (χ4v) is 2.69. The van der Waals surface area contributed by atoms with Crippen LogP contribution in [0.1, 0.15) is 22.1 Å². The highest BCUT2D eigenvalue weighted by Gasteiger charge is 2.24. The highest BCUT2D eigenvalue weighted by molar-refractivity contribution is 6.01. The molecular weight excluding hydrogens is 295 g/mol. The molecule has 4 rings (SSSR count). The fourth-order valence-electron chi connectivity index (χ4n) is 2.69. The van der Waals surface area contributed by atoms with Crippen molar-refractivity contribution in [1.82, 2.24) is 14.9 Å². The van der Waals surface area contributed by atoms with Gasteiger partial charge in [-0.2, -0.15) is 0 Å². The summed E-state index contributed by atoms with van der Waals surface area (Å²) in [5, 5.41) is 6.04. The Balaban J connectivity index is 1.67. The summed E-state index contributed by atoms with van der Waals surface area (Å²) in [7, 11) is 0. The van der Waals surface area contributed by atoms with Gasteiger partial charge < -0.3 is 15.2 Å². The molecule has 0 fully saturated rings. The Labute approximate surface area is 131 Å². The van der Waals surface area contributed by atoms with Crippen LogP contribution in [0.25, 0.3) is 5.69 Å². The number of rotatable bonds is 2. The Kier molecular flexibility index (Phi) is 3.08. The van der Waals surface area contributed by atoms with Gasteiger partial charge in [-0.25, -0.2) is 9.37 Å². The highest BCUT2D eigenvalue weighted by Crippen LogP contribution is 2.27. The van der Waals surface area contributed by atoms with Crippen molar-refractivity contribution < 1.29 is 9.18 Å². The minimum absolute atomic E-state index is 0.177. The van der Waals surface area contributed by atoms with E-state index in [4.69, 9.17) is 0 Å². The smallest absolute Gasteiger partial charge is 0.255 e. The summed E-state index contributed by atoms with van der Waals surface area (Å²) in [5.74, 6) is -0.557. The molecule has 1 aliphatic heterocycles. The predicted molar refractivity (Wildman–Crippen MR) is 83.8 cm³/mol. The van der Waals surface area contributed by atoms with E-state index in [1.165, 1.54) is 12.4 Å². The summed E-state index contributed by atoms with van der Waals surface area (Å²) in [6, 6.07) is 12.1. The number of carbonyl (C=O) groups excluding carboxylic acids is 1. The molecule has 1 amide bonds. The number of hydrogen-bond acceptors (Lipinski definition) is 3. The molecule has 0 bridgehead atoms. The molecule has 23 heavy (non-hydrogen) atoms. The van der Waals surface area contributed by atoms with Crippen molar-refractivity contribution in [3.63, 3.8) is 0 Å². The van der Waals surface area contributed by atoms with Crippen molar-refractivity contribution in [2.24, 2.45) is 0 Å². The maximum atomic E-state index is 14.4. The molecule has 0 saturated carbocycles. The van der Waals surface area contributed by atoms with Crippen molar-refractivity contribution in [3.8, 4) is 5.69 Å². The number of fused-ring (bicyclic) bond motifs is 1. The summed E-state index contributed by atoms with van der Waals surface area (Å²) in [6.45, 7) is 0. The number of hydrogen-bond donors (Lipinski definition) is 2. The van der Waals surface area contributed by atoms with Crippen LogP contribution in [0.2, 0.25) is 0 Å². The van der Waals surface area contributed by atoms with E-state index in [1.54, 1.807) is 41.2 Å². The van der Waals surface area contributed by atoms with E-state index in [9.17, 15) is 9.18 Å². The van der Waals surface area contributed by atoms with Gasteiger partial charge in [0, 0.05) is 18.1 Å². The monoisotopic (exact) mass is 308 g/mol. The minimum Gasteiger partial charge on any atom is -0.361 e. The zero-order chi connectivity index (χ0) is 15.8. The number of nitrogens with zero attached hydrogens (tertiary/aromatic N) is 2. The van der Waals surface area contributed by atoms with E-state index in [0.717, 1.165) is 5.69 Å². The van der Waals surface area contributed by atoms with Gasteiger partial charge in [0.25, 0.3) is 5.91 Å². The Morgan fingerprint density at radius 1 is 1.13 bits per heavy atom. The Morgan fingerprint density at radius 3 is 2.78 bits per heavy atom. The zero-order valence-electron chi connectivity index (χ0n) is 12.0. The third kappa shape index (κ3) is 2.34. The van der Waals surface area contributed by atoms with Crippen LogP contribution in [0.4, 0.5) is 10.1 Å². The molecule has 0 saturated heterocycles. The van der Waals surface area contributed by atoms with Gasteiger partial charge in [-0.1, -0.05) is 18.2 Å². The summed E-state index contributed by atoms with van der Waals surface area (Å²) >= 11 is 0. The summed E-state index contributed by atoms with van der Waals surface area (Å²) in [4.78, 5) is 16.1. The van der Waals surface area contributed by atoms with Gasteiger partial charge in [0.1, 0.15) is 12.0 Å². The SMILES string of the molecule is O=C1N[C@@H](c2ccc(-n3ccnc3)c(F)c2)Nc2ccccc21. The molecule has 0 aliphatic carbocycles. The van der Waals surface area contributed by atoms with Crippen molar-refractivity contribution in [2.45, 2.75) is 6.17 Å². The third-order valence-electron chi connectivity index (χ3n) is 3.83. The first-order valence-corrected chi connectivity index (χ1v) is 7.16. The standard InChI is InChI=1S/C17H13FN4O/c18-13-9-11(5-6-15(13)22-8-7-19-10-22)16-20-14-4-2-1-3-12(14)17(23)21-16/h1-10,16,20H,(H,21,23)/t16-/m0/s1. The lowest BCUT2D eigenvalue weighted by Gasteiger charge is -2.28. The second-order valence-electron chi connectivity index (χ2n) is 5.28. The topological polar surface area (TPSA) is 59.0 Å². The Morgan fingerprint density at radius 2 is 2.00 bits per heavy atom. The minimum atomic E-state index is -0.469. The quantitative estimate of drug-likeness (QED) is 0.765. The molecule has 114 valence electrons. The Hall–Kier alpha value is -3.15. The molecular formula is C17H13FN4O. The Bertz CT molecular complexity index is 876. The number of nitrogens with one attached hydrogen (secondary N) is 2. The first-order valence-electron chi connectivity index (χ1n) is 7.16. The number of carbonyl (C=O) groups is 1. The number of halogens is 1. The zero-order valence-corrected chi connectivity index (χ0v) is 12.0. The molecule has 0 radical (unpaired) electrons. The third-order valence-corrected chi connectivity index (χ3v) is 3.83. The van der Waals surface area contributed by atoms with Gasteiger partial charge in [0.05, 0.1) is 17.6 Å². The summed E-state index contributed by atoms with van der Waals surface area (Å²) < 4.78 is 16.0. The second kappa shape index (κ2) is 5.24. The van der Waals surface area contributed by atoms with Gasteiger partial charge in [-0.05, 0) is 29.8 Å². The molecule has 1 aliphatic rings. The van der Waals surface area contributed by atoms with Crippen LogP contribution in [-0.4, -0.2) is 15.5 Å². The van der Waals surface area contributed by atoms with Crippen LogP contribution in [0, 0.1) is 5.82 Å². The van der Waals surface area contributed by atoms with Gasteiger partial charge in [-0.15, -0.1) is 0 Å². The fraction of sp³-hybridized carbons (Fsp3) is 0.0588. The average Bonchev–Trinajstić information content (AvgIpc) is 3.09. The van der Waals surface area contributed by atoms with Gasteiger partial charge in [0.2, 0.25) is 0 Å². The van der Waals surface area contributed by atoms with E-state index < -0.39 is 6.17 Å². The number of amides is 1. The normalized spacial score (nSPS) is 16.4. The molecule has 2 aromatic carbocycles. The van der Waals surface area contributed by atoms with E-state index >= 15 is 0 Å². The average molecular weight is 308 g/mol. The van der Waals surface area contributed by atoms with Crippen molar-refractivity contribution >= 4 is 11.6 Å². The van der Waals surface area contributed by atoms with Crippen LogP contribution in [0.3, 0.4) is 0 Å². The van der Waals surface area contributed by atoms with E-state index in [0.29, 0.717) is 16.8 Å². The van der Waals surface area contributed by atoms with Crippen molar-refractivity contribution in [3.05, 3.63) is 78.1 Å². The van der Waals surface area contributed by atoms with Crippen LogP contribution in [-0.2, 0) is 0 Å². The van der Waals surface area contributed by atoms with Crippen LogP contribution >= 0.6 is 0 Å². The van der Waals surface area contributed by atoms with Gasteiger partial charge >= 0.3 is 0 Å². The lowest BCUT2D eigenvalue weighted by atomic mass is 10.1. The number of anilines is 1. The van der Waals surface area contributed by atoms with Crippen molar-refractivity contribution in [2.75, 3.05) is 5.32 Å². The lowest BCUT2D eigenvalue weighted by Crippen LogP contribution is -2.38. The highest BCUT2D eigenvalue weighted by atomic mass is 19.1. The molecule has 3 aromatic rings. The maximum Gasteiger partial charge on any atom is 0.255 e. The first kappa shape index (κ1) is 13.5. The molecule has 0 spiro atoms. The van der Waals surface area contributed by atoms with Crippen LogP contribution in [0.15, 0.2) is 61.2 Å². The lowest BCUT2D eigenvalue weighted by molar-refractivity contribution is 0.0935. The molecule has 2 N–H and O–H groups in total. The number of aromatic nitrogens is 2. The van der Waals surface area contributed by atoms with E-state index in [2.05, 4.69) is 15.6 Å². The number of benzene rings is 2. The molecule has 0 unspecified atom stereocenters. The van der Waals surface area contributed by atoms with Gasteiger partial charge in [-0.3, -0.25) is 4.79 Å². The van der Waals surface area contributed by atoms with Crippen LogP contribution in [0.5, 0.6) is 0 Å². The first-order chi connectivity index (χ1) is 11.2. The molecule has 5 nitrogen and oxygen atoms in total.